The summed E-state index contributed by atoms with van der Waals surface area (Å²) in [5.74, 6) is -0.426. The van der Waals surface area contributed by atoms with Crippen LogP contribution in [0.3, 0.4) is 0 Å². The molecule has 0 heterocycles. The second-order valence-electron chi connectivity index (χ2n) is 5.57. The van der Waals surface area contributed by atoms with Crippen molar-refractivity contribution in [3.8, 4) is 5.75 Å². The summed E-state index contributed by atoms with van der Waals surface area (Å²) in [5, 5.41) is 3.74. The quantitative estimate of drug-likeness (QED) is 0.724. The zero-order valence-electron chi connectivity index (χ0n) is 14.4. The lowest BCUT2D eigenvalue weighted by molar-refractivity contribution is -0.154. The van der Waals surface area contributed by atoms with Crippen LogP contribution in [-0.2, 0) is 27.3 Å². The Labute approximate surface area is 162 Å². The minimum atomic E-state index is -0.935. The summed E-state index contributed by atoms with van der Waals surface area (Å²) in [4.78, 5) is 24.2. The summed E-state index contributed by atoms with van der Waals surface area (Å²) >= 11 is 12.0. The van der Waals surface area contributed by atoms with Gasteiger partial charge in [-0.15, -0.1) is 0 Å². The molecule has 1 amide bonds. The highest BCUT2D eigenvalue weighted by atomic mass is 35.5. The number of rotatable bonds is 7. The van der Waals surface area contributed by atoms with Crippen LogP contribution in [-0.4, -0.2) is 25.1 Å². The number of amides is 1. The SMILES string of the molecule is COc1ccc(Cl)cc1CC(=O)O[C@@H](C)C(=O)NCc1ccccc1Cl. The highest BCUT2D eigenvalue weighted by Crippen LogP contribution is 2.23. The number of hydrogen-bond donors (Lipinski definition) is 1. The number of esters is 1. The van der Waals surface area contributed by atoms with Gasteiger partial charge in [0.15, 0.2) is 6.10 Å². The molecule has 7 heteroatoms. The van der Waals surface area contributed by atoms with Gasteiger partial charge < -0.3 is 14.8 Å². The molecule has 0 aliphatic carbocycles. The maximum absolute atomic E-state index is 12.1. The predicted molar refractivity (Wildman–Crippen MR) is 101 cm³/mol. The third kappa shape index (κ3) is 5.64. The lowest BCUT2D eigenvalue weighted by Crippen LogP contribution is -2.35. The van der Waals surface area contributed by atoms with Crippen molar-refractivity contribution >= 4 is 35.1 Å². The van der Waals surface area contributed by atoms with E-state index < -0.39 is 18.0 Å². The lowest BCUT2D eigenvalue weighted by atomic mass is 10.1. The molecule has 26 heavy (non-hydrogen) atoms. The van der Waals surface area contributed by atoms with Crippen LogP contribution >= 0.6 is 23.2 Å². The predicted octanol–water partition coefficient (Wildman–Crippen LogP) is 3.79. The van der Waals surface area contributed by atoms with Crippen molar-refractivity contribution < 1.29 is 19.1 Å². The average Bonchev–Trinajstić information content (AvgIpc) is 2.60. The van der Waals surface area contributed by atoms with Crippen molar-refractivity contribution in [1.29, 1.82) is 0 Å². The molecule has 138 valence electrons. The number of halogens is 2. The Morgan fingerprint density at radius 1 is 1.12 bits per heavy atom. The summed E-state index contributed by atoms with van der Waals surface area (Å²) in [6.45, 7) is 1.76. The van der Waals surface area contributed by atoms with Crippen LogP contribution < -0.4 is 10.1 Å². The number of carbonyl (C=O) groups is 2. The van der Waals surface area contributed by atoms with E-state index in [0.29, 0.717) is 21.4 Å². The molecule has 0 aliphatic rings. The van der Waals surface area contributed by atoms with E-state index in [1.807, 2.05) is 18.2 Å². The van der Waals surface area contributed by atoms with Gasteiger partial charge in [0.05, 0.1) is 13.5 Å². The minimum Gasteiger partial charge on any atom is -0.496 e. The van der Waals surface area contributed by atoms with Crippen LogP contribution in [0.5, 0.6) is 5.75 Å². The standard InChI is InChI=1S/C19H19Cl2NO4/c1-12(19(24)22-11-13-5-3-4-6-16(13)21)26-18(23)10-14-9-15(20)7-8-17(14)25-2/h3-9,12H,10-11H2,1-2H3,(H,22,24)/t12-/m0/s1. The van der Waals surface area contributed by atoms with Crippen LogP contribution in [0, 0.1) is 0 Å². The molecule has 0 unspecified atom stereocenters. The normalized spacial score (nSPS) is 11.5. The van der Waals surface area contributed by atoms with E-state index in [2.05, 4.69) is 5.32 Å². The zero-order chi connectivity index (χ0) is 19.1. The van der Waals surface area contributed by atoms with Crippen molar-refractivity contribution in [3.05, 3.63) is 63.6 Å². The van der Waals surface area contributed by atoms with E-state index in [-0.39, 0.29) is 13.0 Å². The Balaban J connectivity index is 1.89. The molecule has 2 rings (SSSR count). The lowest BCUT2D eigenvalue weighted by Gasteiger charge is -2.15. The Morgan fingerprint density at radius 3 is 2.54 bits per heavy atom. The van der Waals surface area contributed by atoms with Crippen molar-refractivity contribution in [2.45, 2.75) is 26.0 Å². The van der Waals surface area contributed by atoms with E-state index >= 15 is 0 Å². The Morgan fingerprint density at radius 2 is 1.85 bits per heavy atom. The van der Waals surface area contributed by atoms with Gasteiger partial charge >= 0.3 is 5.97 Å². The highest BCUT2D eigenvalue weighted by Gasteiger charge is 2.19. The van der Waals surface area contributed by atoms with E-state index in [0.717, 1.165) is 5.56 Å². The first-order valence-corrected chi connectivity index (χ1v) is 8.69. The molecule has 0 saturated heterocycles. The Kier molecular flexibility index (Phi) is 7.30. The van der Waals surface area contributed by atoms with Crippen LogP contribution in [0.1, 0.15) is 18.1 Å². The largest absolute Gasteiger partial charge is 0.496 e. The molecule has 2 aromatic rings. The third-order valence-corrected chi connectivity index (χ3v) is 4.27. The maximum atomic E-state index is 12.1. The van der Waals surface area contributed by atoms with Gasteiger partial charge in [-0.05, 0) is 36.8 Å². The van der Waals surface area contributed by atoms with Crippen LogP contribution in [0.25, 0.3) is 0 Å². The van der Waals surface area contributed by atoms with E-state index in [9.17, 15) is 9.59 Å². The zero-order valence-corrected chi connectivity index (χ0v) is 15.9. The van der Waals surface area contributed by atoms with Crippen LogP contribution in [0.15, 0.2) is 42.5 Å². The molecule has 0 fully saturated rings. The molecule has 0 bridgehead atoms. The van der Waals surface area contributed by atoms with Gasteiger partial charge in [-0.2, -0.15) is 0 Å². The first kappa shape index (κ1) is 20.1. The van der Waals surface area contributed by atoms with Crippen LogP contribution in [0.2, 0.25) is 10.0 Å². The summed E-state index contributed by atoms with van der Waals surface area (Å²) in [6.07, 6.45) is -0.985. The average molecular weight is 396 g/mol. The number of hydrogen-bond acceptors (Lipinski definition) is 4. The minimum absolute atomic E-state index is 0.0497. The molecule has 0 aliphatic heterocycles. The van der Waals surface area contributed by atoms with Gasteiger partial charge in [-0.1, -0.05) is 41.4 Å². The van der Waals surface area contributed by atoms with Crippen molar-refractivity contribution in [3.63, 3.8) is 0 Å². The number of benzene rings is 2. The molecule has 5 nitrogen and oxygen atoms in total. The van der Waals surface area contributed by atoms with Crippen molar-refractivity contribution in [1.82, 2.24) is 5.32 Å². The highest BCUT2D eigenvalue weighted by molar-refractivity contribution is 6.31. The molecule has 2 aromatic carbocycles. The van der Waals surface area contributed by atoms with Gasteiger partial charge in [0.1, 0.15) is 5.75 Å². The number of methoxy groups -OCH3 is 1. The molecule has 0 aromatic heterocycles. The van der Waals surface area contributed by atoms with E-state index in [1.165, 1.54) is 14.0 Å². The molecular formula is C19H19Cl2NO4. The Hall–Kier alpha value is -2.24. The van der Waals surface area contributed by atoms with Gasteiger partial charge in [-0.25, -0.2) is 0 Å². The fourth-order valence-electron chi connectivity index (χ4n) is 2.30. The molecule has 0 radical (unpaired) electrons. The monoisotopic (exact) mass is 395 g/mol. The fourth-order valence-corrected chi connectivity index (χ4v) is 2.70. The molecular weight excluding hydrogens is 377 g/mol. The topological polar surface area (TPSA) is 64.6 Å². The Bertz CT molecular complexity index is 795. The smallest absolute Gasteiger partial charge is 0.311 e. The van der Waals surface area contributed by atoms with Crippen molar-refractivity contribution in [2.75, 3.05) is 7.11 Å². The van der Waals surface area contributed by atoms with E-state index in [4.69, 9.17) is 32.7 Å². The maximum Gasteiger partial charge on any atom is 0.311 e. The first-order chi connectivity index (χ1) is 12.4. The summed E-state index contributed by atoms with van der Waals surface area (Å²) in [5.41, 5.74) is 1.37. The van der Waals surface area contributed by atoms with E-state index in [1.54, 1.807) is 24.3 Å². The molecule has 0 spiro atoms. The van der Waals surface area contributed by atoms with Gasteiger partial charge in [0.2, 0.25) is 0 Å². The van der Waals surface area contributed by atoms with Gasteiger partial charge in [0, 0.05) is 22.2 Å². The number of carbonyl (C=O) groups excluding carboxylic acids is 2. The molecule has 0 saturated carbocycles. The fraction of sp³-hybridized carbons (Fsp3) is 0.263. The number of ether oxygens (including phenoxy) is 2. The molecule has 1 atom stereocenters. The summed E-state index contributed by atoms with van der Waals surface area (Å²) < 4.78 is 10.4. The second-order valence-corrected chi connectivity index (χ2v) is 6.42. The third-order valence-electron chi connectivity index (χ3n) is 3.67. The molecule has 1 N–H and O–H groups in total. The number of nitrogens with one attached hydrogen (secondary N) is 1. The first-order valence-electron chi connectivity index (χ1n) is 7.93. The van der Waals surface area contributed by atoms with Gasteiger partial charge in [-0.3, -0.25) is 9.59 Å². The summed E-state index contributed by atoms with van der Waals surface area (Å²) in [7, 11) is 1.50. The summed E-state index contributed by atoms with van der Waals surface area (Å²) in [6, 6.07) is 12.2. The van der Waals surface area contributed by atoms with Gasteiger partial charge in [0.25, 0.3) is 5.91 Å². The van der Waals surface area contributed by atoms with Crippen LogP contribution in [0.4, 0.5) is 0 Å². The van der Waals surface area contributed by atoms with Crippen molar-refractivity contribution in [2.24, 2.45) is 0 Å². The second kappa shape index (κ2) is 9.46.